The molecule has 3 rings (SSSR count). The smallest absolute Gasteiger partial charge is 0.254 e. The van der Waals surface area contributed by atoms with E-state index in [-0.39, 0.29) is 18.1 Å². The number of likely N-dealkylation sites (N-methyl/N-ethyl adjacent to an activating group) is 1. The summed E-state index contributed by atoms with van der Waals surface area (Å²) in [6.45, 7) is 5.45. The minimum Gasteiger partial charge on any atom is -0.354 e. The van der Waals surface area contributed by atoms with Crippen molar-refractivity contribution < 1.29 is 9.53 Å². The van der Waals surface area contributed by atoms with E-state index in [0.717, 1.165) is 18.7 Å². The molecule has 3 heteroatoms. The topological polar surface area (TPSA) is 32.8 Å². The van der Waals surface area contributed by atoms with E-state index in [1.54, 1.807) is 0 Å². The summed E-state index contributed by atoms with van der Waals surface area (Å²) < 4.78 is 5.60. The van der Waals surface area contributed by atoms with Crippen molar-refractivity contribution in [2.75, 3.05) is 13.1 Å². The van der Waals surface area contributed by atoms with Gasteiger partial charge in [0.25, 0.3) is 5.91 Å². The van der Waals surface area contributed by atoms with E-state index in [9.17, 15) is 4.79 Å². The van der Waals surface area contributed by atoms with E-state index >= 15 is 0 Å². The molecule has 22 heavy (non-hydrogen) atoms. The molecule has 2 atom stereocenters. The Morgan fingerprint density at radius 3 is 2.14 bits per heavy atom. The van der Waals surface area contributed by atoms with Gasteiger partial charge in [-0.15, -0.1) is 0 Å². The molecule has 0 bridgehead atoms. The molecule has 1 heterocycles. The van der Waals surface area contributed by atoms with Gasteiger partial charge in [-0.05, 0) is 30.5 Å². The van der Waals surface area contributed by atoms with Crippen LogP contribution in [-0.4, -0.2) is 30.0 Å². The summed E-state index contributed by atoms with van der Waals surface area (Å²) in [6, 6.07) is 18.6. The van der Waals surface area contributed by atoms with Gasteiger partial charge in [-0.1, -0.05) is 54.6 Å². The van der Waals surface area contributed by atoms with Gasteiger partial charge in [0.15, 0.2) is 6.10 Å². The molecule has 0 radical (unpaired) electrons. The number of carbonyl (C=O) groups excluding carboxylic acids is 1. The number of rotatable bonds is 5. The lowest BCUT2D eigenvalue weighted by molar-refractivity contribution is -0.132. The highest BCUT2D eigenvalue weighted by atomic mass is 16.6. The molecule has 1 saturated heterocycles. The fourth-order valence-corrected chi connectivity index (χ4v) is 2.76. The van der Waals surface area contributed by atoms with E-state index in [1.165, 1.54) is 11.1 Å². The predicted octanol–water partition coefficient (Wildman–Crippen LogP) is 3.66. The van der Waals surface area contributed by atoms with Gasteiger partial charge in [0.05, 0.1) is 0 Å². The molecule has 1 aliphatic rings. The van der Waals surface area contributed by atoms with Crippen LogP contribution in [0.3, 0.4) is 0 Å². The Hall–Kier alpha value is -2.13. The second-order valence-electron chi connectivity index (χ2n) is 5.48. The molecule has 114 valence electrons. The number of benzene rings is 2. The molecule has 2 aromatic carbocycles. The number of carbonyl (C=O) groups is 1. The lowest BCUT2D eigenvalue weighted by atomic mass is 10.0. The van der Waals surface area contributed by atoms with Crippen LogP contribution in [0.25, 0.3) is 11.1 Å². The summed E-state index contributed by atoms with van der Waals surface area (Å²) in [6.07, 6.45) is -0.389. The second kappa shape index (κ2) is 6.32. The number of nitrogens with zero attached hydrogens (tertiary/aromatic N) is 1. The second-order valence-corrected chi connectivity index (χ2v) is 5.48. The van der Waals surface area contributed by atoms with Crippen molar-refractivity contribution in [1.29, 1.82) is 0 Å². The first kappa shape index (κ1) is 14.8. The Morgan fingerprint density at radius 2 is 1.55 bits per heavy atom. The zero-order valence-corrected chi connectivity index (χ0v) is 13.0. The van der Waals surface area contributed by atoms with Crippen LogP contribution in [0.15, 0.2) is 54.6 Å². The van der Waals surface area contributed by atoms with Crippen LogP contribution in [0.2, 0.25) is 0 Å². The van der Waals surface area contributed by atoms with Crippen LogP contribution in [0, 0.1) is 0 Å². The van der Waals surface area contributed by atoms with E-state index in [0.29, 0.717) is 0 Å². The molecule has 1 fully saturated rings. The first-order chi connectivity index (χ1) is 10.7. The van der Waals surface area contributed by atoms with Crippen molar-refractivity contribution in [2.45, 2.75) is 26.1 Å². The molecule has 0 aliphatic carbocycles. The molecule has 1 amide bonds. The van der Waals surface area contributed by atoms with Crippen LogP contribution in [-0.2, 0) is 9.53 Å². The maximum atomic E-state index is 12.2. The summed E-state index contributed by atoms with van der Waals surface area (Å²) in [7, 11) is 0. The highest BCUT2D eigenvalue weighted by Gasteiger charge is 2.47. The van der Waals surface area contributed by atoms with Gasteiger partial charge in [0.1, 0.15) is 6.10 Å². The molecular weight excluding hydrogens is 274 g/mol. The summed E-state index contributed by atoms with van der Waals surface area (Å²) in [4.78, 5) is 14.1. The van der Waals surface area contributed by atoms with Gasteiger partial charge in [-0.25, -0.2) is 0 Å². The van der Waals surface area contributed by atoms with E-state index < -0.39 is 0 Å². The van der Waals surface area contributed by atoms with Gasteiger partial charge >= 0.3 is 0 Å². The predicted molar refractivity (Wildman–Crippen MR) is 87.4 cm³/mol. The quantitative estimate of drug-likeness (QED) is 0.789. The van der Waals surface area contributed by atoms with Crippen LogP contribution in [0.1, 0.15) is 25.5 Å². The van der Waals surface area contributed by atoms with Gasteiger partial charge in [-0.3, -0.25) is 4.79 Å². The molecule has 0 saturated carbocycles. The number of hydrogen-bond acceptors (Lipinski definition) is 2. The minimum absolute atomic E-state index is 0.0853. The van der Waals surface area contributed by atoms with Crippen LogP contribution in [0.5, 0.6) is 0 Å². The molecule has 0 aromatic heterocycles. The fourth-order valence-electron chi connectivity index (χ4n) is 2.76. The maximum Gasteiger partial charge on any atom is 0.254 e. The summed E-state index contributed by atoms with van der Waals surface area (Å²) >= 11 is 0. The summed E-state index contributed by atoms with van der Waals surface area (Å²) in [5.74, 6) is 0.0992. The van der Waals surface area contributed by atoms with Crippen LogP contribution < -0.4 is 0 Å². The molecular formula is C19H21NO2. The first-order valence-electron chi connectivity index (χ1n) is 7.84. The molecule has 3 nitrogen and oxygen atoms in total. The Balaban J connectivity index is 1.69. The van der Waals surface area contributed by atoms with Crippen molar-refractivity contribution in [1.82, 2.24) is 4.90 Å². The highest BCUT2D eigenvalue weighted by Crippen LogP contribution is 2.40. The maximum absolute atomic E-state index is 12.2. The Morgan fingerprint density at radius 1 is 0.955 bits per heavy atom. The fraction of sp³-hybridized carbons (Fsp3) is 0.316. The van der Waals surface area contributed by atoms with Gasteiger partial charge < -0.3 is 9.64 Å². The lowest BCUT2D eigenvalue weighted by Crippen LogP contribution is -2.34. The third-order valence-electron chi connectivity index (χ3n) is 4.16. The molecule has 0 N–H and O–H groups in total. The first-order valence-corrected chi connectivity index (χ1v) is 7.84. The van der Waals surface area contributed by atoms with Gasteiger partial charge in [0.2, 0.25) is 0 Å². The zero-order chi connectivity index (χ0) is 15.5. The van der Waals surface area contributed by atoms with Crippen LogP contribution in [0.4, 0.5) is 0 Å². The highest BCUT2D eigenvalue weighted by molar-refractivity contribution is 5.84. The Kier molecular flexibility index (Phi) is 4.25. The summed E-state index contributed by atoms with van der Waals surface area (Å²) in [5, 5.41) is 0. The Bertz CT molecular complexity index is 632. The largest absolute Gasteiger partial charge is 0.354 e. The molecule has 1 aliphatic heterocycles. The molecule has 0 spiro atoms. The number of amides is 1. The number of ether oxygens (including phenoxy) is 1. The number of epoxide rings is 1. The monoisotopic (exact) mass is 295 g/mol. The number of hydrogen-bond donors (Lipinski definition) is 0. The van der Waals surface area contributed by atoms with Crippen molar-refractivity contribution in [2.24, 2.45) is 0 Å². The van der Waals surface area contributed by atoms with E-state index in [4.69, 9.17) is 4.74 Å². The SMILES string of the molecule is CCN(CC)C(=O)[C@@H]1O[C@@H]1c1ccc(-c2ccccc2)cc1. The zero-order valence-electron chi connectivity index (χ0n) is 13.0. The summed E-state index contributed by atoms with van der Waals surface area (Å²) in [5.41, 5.74) is 3.45. The third-order valence-corrected chi connectivity index (χ3v) is 4.16. The standard InChI is InChI=1S/C19H21NO2/c1-3-20(4-2)19(21)18-17(22-18)16-12-10-15(11-13-16)14-8-6-5-7-9-14/h5-13,17-18H,3-4H2,1-2H3/t17-,18-/m1/s1. The minimum atomic E-state index is -0.303. The average Bonchev–Trinajstić information content (AvgIpc) is 3.37. The van der Waals surface area contributed by atoms with Gasteiger partial charge in [-0.2, -0.15) is 0 Å². The Labute approximate surface area is 131 Å². The average molecular weight is 295 g/mol. The van der Waals surface area contributed by atoms with Crippen molar-refractivity contribution in [3.8, 4) is 11.1 Å². The van der Waals surface area contributed by atoms with E-state index in [1.807, 2.05) is 36.9 Å². The normalized spacial score (nSPS) is 19.7. The van der Waals surface area contributed by atoms with Crippen molar-refractivity contribution in [3.63, 3.8) is 0 Å². The van der Waals surface area contributed by atoms with Crippen LogP contribution >= 0.6 is 0 Å². The molecule has 0 unspecified atom stereocenters. The molecule has 2 aromatic rings. The van der Waals surface area contributed by atoms with E-state index in [2.05, 4.69) is 36.4 Å². The van der Waals surface area contributed by atoms with Crippen molar-refractivity contribution >= 4 is 5.91 Å². The van der Waals surface area contributed by atoms with Gasteiger partial charge in [0, 0.05) is 13.1 Å². The van der Waals surface area contributed by atoms with Crippen molar-refractivity contribution in [3.05, 3.63) is 60.2 Å². The third kappa shape index (κ3) is 2.90. The lowest BCUT2D eigenvalue weighted by Gasteiger charge is -2.17.